The van der Waals surface area contributed by atoms with E-state index in [1.54, 1.807) is 0 Å². The van der Waals surface area contributed by atoms with E-state index < -0.39 is 28.2 Å². The Kier molecular flexibility index (Phi) is 4.18. The van der Waals surface area contributed by atoms with Gasteiger partial charge in [0.25, 0.3) is 0 Å². The first-order valence-electron chi connectivity index (χ1n) is 7.83. The molecule has 1 aromatic rings. The van der Waals surface area contributed by atoms with Gasteiger partial charge in [-0.15, -0.1) is 0 Å². The minimum Gasteiger partial charge on any atom is -0.481 e. The third-order valence-corrected chi connectivity index (χ3v) is 6.86. The molecule has 23 heavy (non-hydrogen) atoms. The standard InChI is InChI=1S/C16H20FNO4S/c17-14-11-13(3-2-12(14)10-15(19)20)23(21,22)18-8-1-4-16(5-6-16)7-9-18/h2-3,11H,1,4-10H2,(H,19,20). The van der Waals surface area contributed by atoms with E-state index >= 15 is 0 Å². The van der Waals surface area contributed by atoms with Crippen LogP contribution in [-0.2, 0) is 21.2 Å². The van der Waals surface area contributed by atoms with Crippen molar-refractivity contribution in [3.05, 3.63) is 29.6 Å². The maximum atomic E-state index is 14.0. The van der Waals surface area contributed by atoms with Crippen LogP contribution in [-0.4, -0.2) is 36.9 Å². The summed E-state index contributed by atoms with van der Waals surface area (Å²) in [6.07, 6.45) is 4.66. The summed E-state index contributed by atoms with van der Waals surface area (Å²) in [6, 6.07) is 3.48. The van der Waals surface area contributed by atoms with Crippen LogP contribution in [0.25, 0.3) is 0 Å². The minimum absolute atomic E-state index is 0.00995. The van der Waals surface area contributed by atoms with Crippen molar-refractivity contribution in [3.63, 3.8) is 0 Å². The maximum absolute atomic E-state index is 14.0. The summed E-state index contributed by atoms with van der Waals surface area (Å²) in [5.41, 5.74) is 0.338. The van der Waals surface area contributed by atoms with Gasteiger partial charge >= 0.3 is 5.97 Å². The van der Waals surface area contributed by atoms with Crippen LogP contribution < -0.4 is 0 Å². The van der Waals surface area contributed by atoms with Crippen molar-refractivity contribution in [2.24, 2.45) is 5.41 Å². The fraction of sp³-hybridized carbons (Fsp3) is 0.562. The fourth-order valence-electron chi connectivity index (χ4n) is 3.29. The van der Waals surface area contributed by atoms with Crippen LogP contribution in [0.2, 0.25) is 0 Å². The van der Waals surface area contributed by atoms with Crippen molar-refractivity contribution < 1.29 is 22.7 Å². The van der Waals surface area contributed by atoms with Gasteiger partial charge in [-0.25, -0.2) is 12.8 Å². The number of sulfonamides is 1. The summed E-state index contributed by atoms with van der Waals surface area (Å²) in [5, 5.41) is 8.72. The highest BCUT2D eigenvalue weighted by atomic mass is 32.2. The number of rotatable bonds is 4. The Morgan fingerprint density at radius 3 is 2.57 bits per heavy atom. The van der Waals surface area contributed by atoms with Gasteiger partial charge in [0.15, 0.2) is 0 Å². The number of nitrogens with zero attached hydrogens (tertiary/aromatic N) is 1. The molecular weight excluding hydrogens is 321 g/mol. The Bertz CT molecular complexity index is 728. The van der Waals surface area contributed by atoms with E-state index in [4.69, 9.17) is 5.11 Å². The molecule has 1 aromatic carbocycles. The molecule has 5 nitrogen and oxygen atoms in total. The predicted octanol–water partition coefficient (Wildman–Crippen LogP) is 2.41. The number of carboxylic acids is 1. The monoisotopic (exact) mass is 341 g/mol. The first-order chi connectivity index (χ1) is 10.8. The molecule has 0 unspecified atom stereocenters. The molecule has 126 valence electrons. The van der Waals surface area contributed by atoms with E-state index in [2.05, 4.69) is 0 Å². The average molecular weight is 341 g/mol. The number of carbonyl (C=O) groups is 1. The van der Waals surface area contributed by atoms with Gasteiger partial charge in [-0.05, 0) is 55.2 Å². The molecular formula is C16H20FNO4S. The van der Waals surface area contributed by atoms with Crippen LogP contribution in [0.4, 0.5) is 4.39 Å². The normalized spacial score (nSPS) is 21.1. The summed E-state index contributed by atoms with van der Waals surface area (Å²) in [6.45, 7) is 0.934. The lowest BCUT2D eigenvalue weighted by Gasteiger charge is -2.20. The molecule has 1 saturated heterocycles. The smallest absolute Gasteiger partial charge is 0.307 e. The van der Waals surface area contributed by atoms with Crippen molar-refractivity contribution in [1.82, 2.24) is 4.31 Å². The van der Waals surface area contributed by atoms with Crippen molar-refractivity contribution >= 4 is 16.0 Å². The number of benzene rings is 1. The molecule has 1 N–H and O–H groups in total. The zero-order valence-corrected chi connectivity index (χ0v) is 13.6. The summed E-state index contributed by atoms with van der Waals surface area (Å²) in [4.78, 5) is 10.6. The van der Waals surface area contributed by atoms with E-state index in [9.17, 15) is 17.6 Å². The second kappa shape index (κ2) is 5.87. The lowest BCUT2D eigenvalue weighted by molar-refractivity contribution is -0.136. The third kappa shape index (κ3) is 3.40. The number of halogens is 1. The number of carboxylic acid groups (broad SMARTS) is 1. The van der Waals surface area contributed by atoms with Gasteiger partial charge in [0.05, 0.1) is 11.3 Å². The summed E-state index contributed by atoms with van der Waals surface area (Å²) in [5.74, 6) is -1.94. The summed E-state index contributed by atoms with van der Waals surface area (Å²) in [7, 11) is -3.73. The molecule has 0 bridgehead atoms. The fourth-order valence-corrected chi connectivity index (χ4v) is 4.78. The van der Waals surface area contributed by atoms with Crippen molar-refractivity contribution in [2.75, 3.05) is 13.1 Å². The quantitative estimate of drug-likeness (QED) is 0.912. The molecule has 0 aromatic heterocycles. The van der Waals surface area contributed by atoms with E-state index in [1.807, 2.05) is 0 Å². The maximum Gasteiger partial charge on any atom is 0.307 e. The van der Waals surface area contributed by atoms with Crippen LogP contribution in [0.15, 0.2) is 23.1 Å². The molecule has 1 spiro atoms. The van der Waals surface area contributed by atoms with Crippen molar-refractivity contribution in [1.29, 1.82) is 0 Å². The second-order valence-corrected chi connectivity index (χ2v) is 8.52. The molecule has 1 heterocycles. The predicted molar refractivity (Wildman–Crippen MR) is 82.0 cm³/mol. The molecule has 1 aliphatic carbocycles. The summed E-state index contributed by atoms with van der Waals surface area (Å²) < 4.78 is 40.8. The minimum atomic E-state index is -3.73. The molecule has 0 amide bonds. The average Bonchev–Trinajstić information content (AvgIpc) is 3.27. The van der Waals surface area contributed by atoms with Gasteiger partial charge in [0.1, 0.15) is 5.82 Å². The van der Waals surface area contributed by atoms with E-state index in [0.29, 0.717) is 18.5 Å². The van der Waals surface area contributed by atoms with Crippen molar-refractivity contribution in [3.8, 4) is 0 Å². The number of hydrogen-bond acceptors (Lipinski definition) is 3. The second-order valence-electron chi connectivity index (χ2n) is 6.58. The molecule has 2 aliphatic rings. The van der Waals surface area contributed by atoms with Gasteiger partial charge in [-0.1, -0.05) is 6.07 Å². The van der Waals surface area contributed by atoms with Gasteiger partial charge in [0, 0.05) is 13.1 Å². The number of hydrogen-bond donors (Lipinski definition) is 1. The summed E-state index contributed by atoms with van der Waals surface area (Å²) >= 11 is 0. The van der Waals surface area contributed by atoms with E-state index in [-0.39, 0.29) is 10.5 Å². The molecule has 2 fully saturated rings. The Labute approximate surface area is 135 Å². The Hall–Kier alpha value is -1.47. The Morgan fingerprint density at radius 2 is 1.96 bits per heavy atom. The van der Waals surface area contributed by atoms with Crippen LogP contribution in [0.5, 0.6) is 0 Å². The van der Waals surface area contributed by atoms with Gasteiger partial charge in [-0.2, -0.15) is 4.31 Å². The molecule has 1 aliphatic heterocycles. The Morgan fingerprint density at radius 1 is 1.22 bits per heavy atom. The Balaban J connectivity index is 1.81. The molecule has 1 saturated carbocycles. The molecule has 0 atom stereocenters. The molecule has 3 rings (SSSR count). The van der Waals surface area contributed by atoms with E-state index in [0.717, 1.165) is 25.3 Å². The van der Waals surface area contributed by atoms with Crippen LogP contribution in [0, 0.1) is 11.2 Å². The van der Waals surface area contributed by atoms with Gasteiger partial charge < -0.3 is 5.11 Å². The first kappa shape index (κ1) is 16.4. The van der Waals surface area contributed by atoms with Crippen LogP contribution >= 0.6 is 0 Å². The van der Waals surface area contributed by atoms with Crippen LogP contribution in [0.1, 0.15) is 37.7 Å². The highest BCUT2D eigenvalue weighted by Gasteiger charge is 2.44. The van der Waals surface area contributed by atoms with Gasteiger partial charge in [-0.3, -0.25) is 4.79 Å². The topological polar surface area (TPSA) is 74.7 Å². The highest BCUT2D eigenvalue weighted by molar-refractivity contribution is 7.89. The molecule has 7 heteroatoms. The zero-order chi connectivity index (χ0) is 16.7. The highest BCUT2D eigenvalue weighted by Crippen LogP contribution is 2.53. The zero-order valence-electron chi connectivity index (χ0n) is 12.8. The molecule has 0 radical (unpaired) electrons. The van der Waals surface area contributed by atoms with Gasteiger partial charge in [0.2, 0.25) is 10.0 Å². The lowest BCUT2D eigenvalue weighted by atomic mass is 9.98. The lowest BCUT2D eigenvalue weighted by Crippen LogP contribution is -2.32. The largest absolute Gasteiger partial charge is 0.481 e. The first-order valence-corrected chi connectivity index (χ1v) is 9.27. The SMILES string of the molecule is O=C(O)Cc1ccc(S(=O)(=O)N2CCCC3(CC2)CC3)cc1F. The van der Waals surface area contributed by atoms with Crippen LogP contribution in [0.3, 0.4) is 0 Å². The number of aliphatic carboxylic acids is 1. The third-order valence-electron chi connectivity index (χ3n) is 4.97. The van der Waals surface area contributed by atoms with Crippen molar-refractivity contribution in [2.45, 2.75) is 43.4 Å². The van der Waals surface area contributed by atoms with E-state index in [1.165, 1.54) is 29.3 Å².